The van der Waals surface area contributed by atoms with E-state index in [4.69, 9.17) is 11.5 Å². The maximum absolute atomic E-state index is 15.1. The van der Waals surface area contributed by atoms with Gasteiger partial charge in [0.15, 0.2) is 0 Å². The van der Waals surface area contributed by atoms with Crippen LogP contribution in [-0.4, -0.2) is 53.8 Å². The topological polar surface area (TPSA) is 110 Å². The highest BCUT2D eigenvalue weighted by Crippen LogP contribution is 2.41. The van der Waals surface area contributed by atoms with Crippen molar-refractivity contribution in [3.63, 3.8) is 0 Å². The largest absolute Gasteiger partial charge is 0.333 e. The summed E-state index contributed by atoms with van der Waals surface area (Å²) in [6.07, 6.45) is 2.89. The molecule has 4 N–H and O–H groups in total. The monoisotopic (exact) mass is 675 g/mol. The molecule has 0 atom stereocenters. The van der Waals surface area contributed by atoms with Crippen LogP contribution in [0, 0.1) is 5.41 Å². The van der Waals surface area contributed by atoms with E-state index < -0.39 is 23.3 Å². The van der Waals surface area contributed by atoms with Crippen LogP contribution >= 0.6 is 0 Å². The lowest BCUT2D eigenvalue weighted by atomic mass is 9.70. The third kappa shape index (κ3) is 9.61. The van der Waals surface area contributed by atoms with Gasteiger partial charge in [-0.3, -0.25) is 19.4 Å². The van der Waals surface area contributed by atoms with Gasteiger partial charge in [-0.15, -0.1) is 0 Å². The molecular formula is C42H66N4O3. The number of amides is 4. The molecule has 2 aromatic rings. The van der Waals surface area contributed by atoms with Crippen molar-refractivity contribution in [2.24, 2.45) is 16.9 Å². The second kappa shape index (κ2) is 15.1. The Morgan fingerprint density at radius 1 is 0.490 bits per heavy atom. The molecule has 0 radical (unpaired) electrons. The Hall–Kier alpha value is -3.03. The first-order chi connectivity index (χ1) is 22.5. The number of rotatable bonds is 12. The fourth-order valence-corrected chi connectivity index (χ4v) is 6.53. The summed E-state index contributed by atoms with van der Waals surface area (Å²) in [7, 11) is 0. The number of imide groups is 2. The van der Waals surface area contributed by atoms with Gasteiger partial charge >= 0.3 is 6.03 Å². The van der Waals surface area contributed by atoms with E-state index in [9.17, 15) is 4.79 Å². The van der Waals surface area contributed by atoms with E-state index in [2.05, 4.69) is 119 Å². The number of unbranched alkanes of at least 4 members (excludes halogenated alkanes) is 2. The highest BCUT2D eigenvalue weighted by atomic mass is 16.2. The second-order valence-corrected chi connectivity index (χ2v) is 18.5. The van der Waals surface area contributed by atoms with Gasteiger partial charge in [-0.1, -0.05) is 119 Å². The van der Waals surface area contributed by atoms with E-state index in [1.54, 1.807) is 0 Å². The van der Waals surface area contributed by atoms with Crippen molar-refractivity contribution in [1.82, 2.24) is 9.80 Å². The summed E-state index contributed by atoms with van der Waals surface area (Å²) in [5.41, 5.74) is 16.0. The fourth-order valence-electron chi connectivity index (χ4n) is 6.53. The molecule has 2 aromatic carbocycles. The maximum Gasteiger partial charge on any atom is 0.333 e. The lowest BCUT2D eigenvalue weighted by Gasteiger charge is -2.45. The summed E-state index contributed by atoms with van der Waals surface area (Å²) in [6.45, 7) is 27.6. The van der Waals surface area contributed by atoms with Gasteiger partial charge in [-0.05, 0) is 107 Å². The third-order valence-corrected chi connectivity index (χ3v) is 9.90. The van der Waals surface area contributed by atoms with E-state index in [0.717, 1.165) is 33.4 Å². The summed E-state index contributed by atoms with van der Waals surface area (Å²) in [5.74, 6) is -0.821. The molecule has 1 heterocycles. The zero-order chi connectivity index (χ0) is 37.2. The van der Waals surface area contributed by atoms with E-state index in [0.29, 0.717) is 38.8 Å². The summed E-state index contributed by atoms with van der Waals surface area (Å²) in [5, 5.41) is 0. The standard InChI is InChI=1S/C42H66N4O3/c1-38(2,3)31-21-29(22-32(25-31)39(4,5)6)27-42(28-30-23-33(40(7,8)9)26-34(24-30)41(10,11)12)35(47)45(19-15-13-17-43)37(49)46(36(42)48)20-16-14-18-44/h21-26H,13-20,27-28,43-44H2,1-12H3. The molecule has 272 valence electrons. The third-order valence-electron chi connectivity index (χ3n) is 9.90. The quantitative estimate of drug-likeness (QED) is 0.176. The zero-order valence-corrected chi connectivity index (χ0v) is 32.8. The highest BCUT2D eigenvalue weighted by Gasteiger charge is 2.57. The zero-order valence-electron chi connectivity index (χ0n) is 32.8. The van der Waals surface area contributed by atoms with Gasteiger partial charge in [-0.25, -0.2) is 4.79 Å². The van der Waals surface area contributed by atoms with Crippen LogP contribution < -0.4 is 11.5 Å². The Morgan fingerprint density at radius 2 is 0.776 bits per heavy atom. The normalized spacial score (nSPS) is 16.2. The van der Waals surface area contributed by atoms with Gasteiger partial charge in [-0.2, -0.15) is 0 Å². The Morgan fingerprint density at radius 3 is 1.02 bits per heavy atom. The molecule has 49 heavy (non-hydrogen) atoms. The van der Waals surface area contributed by atoms with Crippen LogP contribution in [0.15, 0.2) is 36.4 Å². The minimum Gasteiger partial charge on any atom is -0.330 e. The van der Waals surface area contributed by atoms with Crippen LogP contribution in [0.25, 0.3) is 0 Å². The predicted octanol–water partition coefficient (Wildman–Crippen LogP) is 7.92. The van der Waals surface area contributed by atoms with Crippen molar-refractivity contribution in [1.29, 1.82) is 0 Å². The summed E-state index contributed by atoms with van der Waals surface area (Å²) in [4.78, 5) is 46.9. The number of hydrogen-bond donors (Lipinski definition) is 2. The number of benzene rings is 2. The van der Waals surface area contributed by atoms with Crippen molar-refractivity contribution in [2.75, 3.05) is 26.2 Å². The van der Waals surface area contributed by atoms with Gasteiger partial charge in [0.25, 0.3) is 0 Å². The second-order valence-electron chi connectivity index (χ2n) is 18.5. The molecule has 1 fully saturated rings. The number of nitrogens with two attached hydrogens (primary N) is 2. The number of barbiturate groups is 1. The van der Waals surface area contributed by atoms with Gasteiger partial charge in [0.2, 0.25) is 11.8 Å². The van der Waals surface area contributed by atoms with Crippen molar-refractivity contribution in [3.8, 4) is 0 Å². The molecule has 3 rings (SSSR count). The molecule has 4 amide bonds. The molecule has 7 heteroatoms. The maximum atomic E-state index is 15.1. The van der Waals surface area contributed by atoms with Crippen LogP contribution in [0.1, 0.15) is 142 Å². The lowest BCUT2D eigenvalue weighted by Crippen LogP contribution is -2.66. The molecule has 1 aliphatic heterocycles. The summed E-state index contributed by atoms with van der Waals surface area (Å²) in [6, 6.07) is 12.6. The van der Waals surface area contributed by atoms with Gasteiger partial charge in [0, 0.05) is 13.1 Å². The molecule has 0 aliphatic carbocycles. The van der Waals surface area contributed by atoms with Crippen LogP contribution in [0.2, 0.25) is 0 Å². The number of carbonyl (C=O) groups excluding carboxylic acids is 3. The molecule has 1 aliphatic rings. The molecule has 0 bridgehead atoms. The summed E-state index contributed by atoms with van der Waals surface area (Å²) >= 11 is 0. The Kier molecular flexibility index (Phi) is 12.4. The number of hydrogen-bond acceptors (Lipinski definition) is 5. The van der Waals surface area contributed by atoms with E-state index >= 15 is 9.59 Å². The first-order valence-corrected chi connectivity index (χ1v) is 18.3. The SMILES string of the molecule is CC(C)(C)c1cc(CC2(Cc3cc(C(C)(C)C)cc(C(C)(C)C)c3)C(=O)N(CCCCN)C(=O)N(CCCCN)C2=O)cc(C(C)(C)C)c1. The molecule has 0 unspecified atom stereocenters. The molecular weight excluding hydrogens is 608 g/mol. The van der Waals surface area contributed by atoms with Crippen molar-refractivity contribution in [2.45, 2.75) is 143 Å². The average molecular weight is 675 g/mol. The van der Waals surface area contributed by atoms with Gasteiger partial charge in [0.1, 0.15) is 5.41 Å². The Bertz CT molecular complexity index is 1320. The average Bonchev–Trinajstić information content (AvgIpc) is 2.97. The van der Waals surface area contributed by atoms with E-state index in [1.807, 2.05) is 0 Å². The van der Waals surface area contributed by atoms with E-state index in [1.165, 1.54) is 9.80 Å². The number of nitrogens with zero attached hydrogens (tertiary/aromatic N) is 2. The molecule has 0 saturated carbocycles. The number of urea groups is 1. The molecule has 7 nitrogen and oxygen atoms in total. The van der Waals surface area contributed by atoms with Crippen molar-refractivity contribution >= 4 is 17.8 Å². The molecule has 1 saturated heterocycles. The molecule has 0 aromatic heterocycles. The first kappa shape index (κ1) is 40.4. The Balaban J connectivity index is 2.39. The highest BCUT2D eigenvalue weighted by molar-refractivity contribution is 6.19. The predicted molar refractivity (Wildman–Crippen MR) is 203 cm³/mol. The van der Waals surface area contributed by atoms with Gasteiger partial charge in [0.05, 0.1) is 0 Å². The number of carbonyl (C=O) groups is 3. The smallest absolute Gasteiger partial charge is 0.330 e. The van der Waals surface area contributed by atoms with Crippen molar-refractivity contribution in [3.05, 3.63) is 69.8 Å². The fraction of sp³-hybridized carbons (Fsp3) is 0.643. The van der Waals surface area contributed by atoms with Gasteiger partial charge < -0.3 is 11.5 Å². The van der Waals surface area contributed by atoms with E-state index in [-0.39, 0.29) is 47.6 Å². The first-order valence-electron chi connectivity index (χ1n) is 18.3. The molecule has 0 spiro atoms. The van der Waals surface area contributed by atoms with Crippen LogP contribution in [0.4, 0.5) is 4.79 Å². The summed E-state index contributed by atoms with van der Waals surface area (Å²) < 4.78 is 0. The van der Waals surface area contributed by atoms with Crippen LogP contribution in [0.3, 0.4) is 0 Å². The minimum absolute atomic E-state index is 0.148. The van der Waals surface area contributed by atoms with Crippen LogP contribution in [0.5, 0.6) is 0 Å². The van der Waals surface area contributed by atoms with Crippen molar-refractivity contribution < 1.29 is 14.4 Å². The minimum atomic E-state index is -1.52. The lowest BCUT2D eigenvalue weighted by molar-refractivity contribution is -0.159. The van der Waals surface area contributed by atoms with Crippen LogP contribution in [-0.2, 0) is 44.1 Å². The Labute approximate surface area is 297 Å².